The number of hydrogen-bond donors (Lipinski definition) is 2. The summed E-state index contributed by atoms with van der Waals surface area (Å²) < 4.78 is 5.31. The van der Waals surface area contributed by atoms with E-state index in [9.17, 15) is 10.2 Å². The van der Waals surface area contributed by atoms with Crippen LogP contribution in [-0.4, -0.2) is 10.2 Å². The summed E-state index contributed by atoms with van der Waals surface area (Å²) in [4.78, 5) is 0. The molecule has 2 N–H and O–H groups in total. The number of furan rings is 1. The second-order valence-corrected chi connectivity index (χ2v) is 4.06. The molecule has 0 bridgehead atoms. The predicted molar refractivity (Wildman–Crippen MR) is 53.8 cm³/mol. The van der Waals surface area contributed by atoms with Gasteiger partial charge in [-0.05, 0) is 31.4 Å². The Morgan fingerprint density at radius 2 is 1.71 bits per heavy atom. The van der Waals surface area contributed by atoms with Crippen LogP contribution in [0.2, 0.25) is 0 Å². The minimum atomic E-state index is -0.616. The molecule has 1 aromatic heterocycles. The van der Waals surface area contributed by atoms with Crippen LogP contribution in [0.1, 0.15) is 50.9 Å². The van der Waals surface area contributed by atoms with Crippen LogP contribution in [0.15, 0.2) is 16.5 Å². The van der Waals surface area contributed by atoms with Gasteiger partial charge in [-0.25, -0.2) is 0 Å². The fraction of sp³-hybridized carbons (Fsp3) is 0.636. The van der Waals surface area contributed by atoms with Gasteiger partial charge in [-0.3, -0.25) is 0 Å². The molecule has 0 saturated heterocycles. The molecule has 80 valence electrons. The highest BCUT2D eigenvalue weighted by atomic mass is 16.4. The zero-order chi connectivity index (χ0) is 10.7. The van der Waals surface area contributed by atoms with Crippen LogP contribution in [0.25, 0.3) is 0 Å². The van der Waals surface area contributed by atoms with Gasteiger partial charge >= 0.3 is 0 Å². The second-order valence-electron chi connectivity index (χ2n) is 4.06. The third kappa shape index (κ3) is 2.86. The van der Waals surface area contributed by atoms with Crippen molar-refractivity contribution in [3.63, 3.8) is 0 Å². The van der Waals surface area contributed by atoms with Crippen molar-refractivity contribution in [3.05, 3.63) is 23.7 Å². The summed E-state index contributed by atoms with van der Waals surface area (Å²) in [7, 11) is 0. The molecule has 1 heterocycles. The zero-order valence-corrected chi connectivity index (χ0v) is 8.90. The standard InChI is InChI=1S/C11H18O3/c1-7(2)6-9(13)11-5-4-10(14-11)8(3)12/h4-5,7-9,12-13H,6H2,1-3H3. The maximum atomic E-state index is 9.71. The normalized spacial score (nSPS) is 15.9. The van der Waals surface area contributed by atoms with Gasteiger partial charge in [0.25, 0.3) is 0 Å². The van der Waals surface area contributed by atoms with Crippen molar-refractivity contribution in [1.29, 1.82) is 0 Å². The third-order valence-electron chi connectivity index (χ3n) is 2.08. The molecule has 1 aromatic rings. The van der Waals surface area contributed by atoms with E-state index in [1.807, 2.05) is 13.8 Å². The van der Waals surface area contributed by atoms with E-state index in [-0.39, 0.29) is 0 Å². The molecule has 2 unspecified atom stereocenters. The van der Waals surface area contributed by atoms with E-state index < -0.39 is 12.2 Å². The lowest BCUT2D eigenvalue weighted by molar-refractivity contribution is 0.113. The molecular formula is C11H18O3. The first-order valence-electron chi connectivity index (χ1n) is 4.96. The van der Waals surface area contributed by atoms with Crippen molar-refractivity contribution < 1.29 is 14.6 Å². The molecule has 0 amide bonds. The summed E-state index contributed by atoms with van der Waals surface area (Å²) in [5, 5.41) is 18.9. The van der Waals surface area contributed by atoms with E-state index in [2.05, 4.69) is 0 Å². The van der Waals surface area contributed by atoms with Crippen molar-refractivity contribution in [1.82, 2.24) is 0 Å². The lowest BCUT2D eigenvalue weighted by Gasteiger charge is -2.10. The Morgan fingerprint density at radius 1 is 1.14 bits per heavy atom. The molecule has 0 saturated carbocycles. The van der Waals surface area contributed by atoms with E-state index in [0.29, 0.717) is 23.9 Å². The third-order valence-corrected chi connectivity index (χ3v) is 2.08. The molecule has 3 nitrogen and oxygen atoms in total. The van der Waals surface area contributed by atoms with Gasteiger partial charge in [-0.1, -0.05) is 13.8 Å². The molecule has 0 aromatic carbocycles. The summed E-state index contributed by atoms with van der Waals surface area (Å²) in [5.41, 5.74) is 0. The first-order valence-corrected chi connectivity index (χ1v) is 4.96. The molecule has 0 aliphatic carbocycles. The Bertz CT molecular complexity index is 276. The smallest absolute Gasteiger partial charge is 0.132 e. The molecule has 2 atom stereocenters. The SMILES string of the molecule is CC(C)CC(O)c1ccc(C(C)O)o1. The fourth-order valence-corrected chi connectivity index (χ4v) is 1.33. The molecule has 0 aliphatic heterocycles. The van der Waals surface area contributed by atoms with Crippen molar-refractivity contribution in [2.45, 2.75) is 39.4 Å². The molecule has 14 heavy (non-hydrogen) atoms. The van der Waals surface area contributed by atoms with Crippen molar-refractivity contribution in [2.24, 2.45) is 5.92 Å². The summed E-state index contributed by atoms with van der Waals surface area (Å²) in [6, 6.07) is 3.42. The van der Waals surface area contributed by atoms with Gasteiger partial charge in [-0.15, -0.1) is 0 Å². The van der Waals surface area contributed by atoms with Crippen LogP contribution in [0.3, 0.4) is 0 Å². The van der Waals surface area contributed by atoms with E-state index in [1.54, 1.807) is 19.1 Å². The Kier molecular flexibility index (Phi) is 3.72. The average molecular weight is 198 g/mol. The first kappa shape index (κ1) is 11.3. The highest BCUT2D eigenvalue weighted by molar-refractivity contribution is 5.10. The van der Waals surface area contributed by atoms with Gasteiger partial charge in [0, 0.05) is 0 Å². The van der Waals surface area contributed by atoms with E-state index in [1.165, 1.54) is 0 Å². The zero-order valence-electron chi connectivity index (χ0n) is 8.90. The van der Waals surface area contributed by atoms with E-state index in [4.69, 9.17) is 4.42 Å². The van der Waals surface area contributed by atoms with Crippen LogP contribution in [0.4, 0.5) is 0 Å². The predicted octanol–water partition coefficient (Wildman–Crippen LogP) is 2.41. The lowest BCUT2D eigenvalue weighted by atomic mass is 10.0. The number of hydrogen-bond acceptors (Lipinski definition) is 3. The fourth-order valence-electron chi connectivity index (χ4n) is 1.33. The molecule has 3 heteroatoms. The molecule has 0 aliphatic rings. The van der Waals surface area contributed by atoms with Gasteiger partial charge in [0.05, 0.1) is 0 Å². The van der Waals surface area contributed by atoms with Gasteiger partial charge < -0.3 is 14.6 Å². The minimum Gasteiger partial charge on any atom is -0.461 e. The Morgan fingerprint density at radius 3 is 2.14 bits per heavy atom. The van der Waals surface area contributed by atoms with Crippen LogP contribution in [0, 0.1) is 5.92 Å². The quantitative estimate of drug-likeness (QED) is 0.781. The lowest BCUT2D eigenvalue weighted by Crippen LogP contribution is -2.00. The Hall–Kier alpha value is -0.800. The summed E-state index contributed by atoms with van der Waals surface area (Å²) >= 11 is 0. The van der Waals surface area contributed by atoms with Crippen molar-refractivity contribution in [3.8, 4) is 0 Å². The second kappa shape index (κ2) is 4.62. The highest BCUT2D eigenvalue weighted by Crippen LogP contribution is 2.25. The minimum absolute atomic E-state index is 0.421. The average Bonchev–Trinajstić information content (AvgIpc) is 2.50. The van der Waals surface area contributed by atoms with Gasteiger partial charge in [0.2, 0.25) is 0 Å². The Labute approximate surface area is 84.4 Å². The maximum absolute atomic E-state index is 9.71. The molecule has 0 fully saturated rings. The summed E-state index contributed by atoms with van der Waals surface area (Å²) in [6.07, 6.45) is -0.509. The molecule has 1 rings (SSSR count). The van der Waals surface area contributed by atoms with Gasteiger partial charge in [-0.2, -0.15) is 0 Å². The van der Waals surface area contributed by atoms with Crippen molar-refractivity contribution in [2.75, 3.05) is 0 Å². The molecular weight excluding hydrogens is 180 g/mol. The largest absolute Gasteiger partial charge is 0.461 e. The topological polar surface area (TPSA) is 53.6 Å². The number of aliphatic hydroxyl groups excluding tert-OH is 2. The Balaban J connectivity index is 2.66. The van der Waals surface area contributed by atoms with Gasteiger partial charge in [0.1, 0.15) is 23.7 Å². The monoisotopic (exact) mass is 198 g/mol. The van der Waals surface area contributed by atoms with Crippen LogP contribution in [-0.2, 0) is 0 Å². The number of aliphatic hydroxyl groups is 2. The first-order chi connectivity index (χ1) is 6.50. The highest BCUT2D eigenvalue weighted by Gasteiger charge is 2.15. The van der Waals surface area contributed by atoms with E-state index in [0.717, 1.165) is 0 Å². The van der Waals surface area contributed by atoms with Crippen LogP contribution in [0.5, 0.6) is 0 Å². The summed E-state index contributed by atoms with van der Waals surface area (Å²) in [6.45, 7) is 5.72. The summed E-state index contributed by atoms with van der Waals surface area (Å²) in [5.74, 6) is 1.46. The van der Waals surface area contributed by atoms with Crippen molar-refractivity contribution >= 4 is 0 Å². The molecule has 0 spiro atoms. The molecule has 0 radical (unpaired) electrons. The van der Waals surface area contributed by atoms with Gasteiger partial charge in [0.15, 0.2) is 0 Å². The van der Waals surface area contributed by atoms with E-state index >= 15 is 0 Å². The number of rotatable bonds is 4. The maximum Gasteiger partial charge on any atom is 0.132 e. The van der Waals surface area contributed by atoms with Crippen LogP contribution < -0.4 is 0 Å². The van der Waals surface area contributed by atoms with Crippen LogP contribution >= 0.6 is 0 Å².